The van der Waals surface area contributed by atoms with E-state index >= 15 is 0 Å². The fraction of sp³-hybridized carbons (Fsp3) is 0.444. The molecule has 13 heavy (non-hydrogen) atoms. The molecule has 0 saturated carbocycles. The second-order valence-electron chi connectivity index (χ2n) is 3.02. The van der Waals surface area contributed by atoms with Gasteiger partial charge in [-0.3, -0.25) is 4.79 Å². The maximum Gasteiger partial charge on any atom is 0.250 e. The van der Waals surface area contributed by atoms with Gasteiger partial charge in [0.05, 0.1) is 18.2 Å². The lowest BCUT2D eigenvalue weighted by Gasteiger charge is -2.11. The lowest BCUT2D eigenvalue weighted by Crippen LogP contribution is -2.11. The van der Waals surface area contributed by atoms with Crippen molar-refractivity contribution in [3.8, 4) is 0 Å². The standard InChI is InChI=1S/C9H14N2O2/c1-7(6-13-2)11-4-3-8(5-11)9(10)12/h3-5,7H,6H2,1-2H3,(H2,10,12). The number of primary amides is 1. The fourth-order valence-electron chi connectivity index (χ4n) is 1.16. The summed E-state index contributed by atoms with van der Waals surface area (Å²) in [6.45, 7) is 2.63. The van der Waals surface area contributed by atoms with Crippen molar-refractivity contribution < 1.29 is 9.53 Å². The number of amides is 1. The third kappa shape index (κ3) is 2.32. The van der Waals surface area contributed by atoms with Gasteiger partial charge in [0.2, 0.25) is 5.91 Å². The van der Waals surface area contributed by atoms with Gasteiger partial charge in [0.15, 0.2) is 0 Å². The Hall–Kier alpha value is -1.29. The van der Waals surface area contributed by atoms with E-state index in [1.807, 2.05) is 17.7 Å². The van der Waals surface area contributed by atoms with E-state index in [2.05, 4.69) is 0 Å². The van der Waals surface area contributed by atoms with Crippen LogP contribution in [0.2, 0.25) is 0 Å². The zero-order valence-electron chi connectivity index (χ0n) is 7.86. The summed E-state index contributed by atoms with van der Waals surface area (Å²) in [7, 11) is 1.65. The molecule has 0 fully saturated rings. The van der Waals surface area contributed by atoms with E-state index in [1.165, 1.54) is 0 Å². The van der Waals surface area contributed by atoms with Gasteiger partial charge in [-0.05, 0) is 13.0 Å². The van der Waals surface area contributed by atoms with E-state index in [1.54, 1.807) is 19.4 Å². The van der Waals surface area contributed by atoms with E-state index in [-0.39, 0.29) is 6.04 Å². The molecule has 4 nitrogen and oxygen atoms in total. The van der Waals surface area contributed by atoms with Gasteiger partial charge in [0.25, 0.3) is 0 Å². The van der Waals surface area contributed by atoms with Crippen LogP contribution in [0.3, 0.4) is 0 Å². The molecule has 0 radical (unpaired) electrons. The first-order valence-corrected chi connectivity index (χ1v) is 4.11. The first-order chi connectivity index (χ1) is 6.15. The lowest BCUT2D eigenvalue weighted by atomic mass is 10.3. The number of ether oxygens (including phenoxy) is 1. The van der Waals surface area contributed by atoms with Crippen molar-refractivity contribution in [1.82, 2.24) is 4.57 Å². The Kier molecular flexibility index (Phi) is 3.08. The van der Waals surface area contributed by atoms with Crippen molar-refractivity contribution in [3.63, 3.8) is 0 Å². The summed E-state index contributed by atoms with van der Waals surface area (Å²) in [4.78, 5) is 10.8. The zero-order chi connectivity index (χ0) is 9.84. The molecule has 4 heteroatoms. The summed E-state index contributed by atoms with van der Waals surface area (Å²) < 4.78 is 6.90. The van der Waals surface area contributed by atoms with Crippen LogP contribution in [0.1, 0.15) is 23.3 Å². The van der Waals surface area contributed by atoms with Crippen molar-refractivity contribution in [3.05, 3.63) is 24.0 Å². The van der Waals surface area contributed by atoms with Crippen LogP contribution in [0.25, 0.3) is 0 Å². The van der Waals surface area contributed by atoms with Crippen LogP contribution in [-0.4, -0.2) is 24.2 Å². The van der Waals surface area contributed by atoms with Crippen LogP contribution in [0.15, 0.2) is 18.5 Å². The molecule has 1 rings (SSSR count). The quantitative estimate of drug-likeness (QED) is 0.748. The summed E-state index contributed by atoms with van der Waals surface area (Å²) in [6, 6.07) is 1.92. The van der Waals surface area contributed by atoms with Gasteiger partial charge < -0.3 is 15.0 Å². The molecule has 0 aromatic carbocycles. The SMILES string of the molecule is COCC(C)n1ccc(C(N)=O)c1. The Bertz CT molecular complexity index is 294. The second-order valence-corrected chi connectivity index (χ2v) is 3.02. The Labute approximate surface area is 77.3 Å². The molecule has 0 aliphatic rings. The van der Waals surface area contributed by atoms with E-state index in [9.17, 15) is 4.79 Å². The third-order valence-electron chi connectivity index (χ3n) is 1.92. The zero-order valence-corrected chi connectivity index (χ0v) is 7.86. The third-order valence-corrected chi connectivity index (χ3v) is 1.92. The Morgan fingerprint density at radius 2 is 2.46 bits per heavy atom. The van der Waals surface area contributed by atoms with E-state index in [0.29, 0.717) is 12.2 Å². The largest absolute Gasteiger partial charge is 0.383 e. The monoisotopic (exact) mass is 182 g/mol. The van der Waals surface area contributed by atoms with Gasteiger partial charge in [-0.25, -0.2) is 0 Å². The molecule has 1 unspecified atom stereocenters. The van der Waals surface area contributed by atoms with Crippen molar-refractivity contribution in [1.29, 1.82) is 0 Å². The average molecular weight is 182 g/mol. The number of hydrogen-bond acceptors (Lipinski definition) is 2. The minimum atomic E-state index is -0.400. The van der Waals surface area contributed by atoms with Crippen LogP contribution in [-0.2, 0) is 4.74 Å². The molecule has 1 aromatic rings. The van der Waals surface area contributed by atoms with Gasteiger partial charge in [0, 0.05) is 19.5 Å². The average Bonchev–Trinajstić information content (AvgIpc) is 2.52. The molecule has 1 heterocycles. The van der Waals surface area contributed by atoms with Crippen molar-refractivity contribution in [2.45, 2.75) is 13.0 Å². The maximum absolute atomic E-state index is 10.8. The predicted octanol–water partition coefficient (Wildman–Crippen LogP) is 0.794. The molecule has 0 bridgehead atoms. The number of carbonyl (C=O) groups excluding carboxylic acids is 1. The molecular formula is C9H14N2O2. The van der Waals surface area contributed by atoms with Crippen molar-refractivity contribution in [2.75, 3.05) is 13.7 Å². The number of hydrogen-bond donors (Lipinski definition) is 1. The highest BCUT2D eigenvalue weighted by Crippen LogP contribution is 2.09. The topological polar surface area (TPSA) is 57.2 Å². The van der Waals surface area contributed by atoms with Crippen LogP contribution in [0.5, 0.6) is 0 Å². The number of aromatic nitrogens is 1. The summed E-state index contributed by atoms with van der Waals surface area (Å²) >= 11 is 0. The molecule has 1 amide bonds. The minimum absolute atomic E-state index is 0.220. The Balaban J connectivity index is 2.73. The van der Waals surface area contributed by atoms with Crippen LogP contribution < -0.4 is 5.73 Å². The van der Waals surface area contributed by atoms with Crippen molar-refractivity contribution >= 4 is 5.91 Å². The number of nitrogens with zero attached hydrogens (tertiary/aromatic N) is 1. The van der Waals surface area contributed by atoms with Gasteiger partial charge >= 0.3 is 0 Å². The molecule has 1 aromatic heterocycles. The highest BCUT2D eigenvalue weighted by Gasteiger charge is 2.06. The van der Waals surface area contributed by atoms with E-state index in [4.69, 9.17) is 10.5 Å². The predicted molar refractivity (Wildman–Crippen MR) is 49.5 cm³/mol. The first kappa shape index (κ1) is 9.80. The van der Waals surface area contributed by atoms with Crippen molar-refractivity contribution in [2.24, 2.45) is 5.73 Å². The van der Waals surface area contributed by atoms with Gasteiger partial charge in [-0.2, -0.15) is 0 Å². The highest BCUT2D eigenvalue weighted by molar-refractivity contribution is 5.92. The maximum atomic E-state index is 10.8. The smallest absolute Gasteiger partial charge is 0.250 e. The van der Waals surface area contributed by atoms with E-state index < -0.39 is 5.91 Å². The molecule has 0 aliphatic heterocycles. The molecule has 0 saturated heterocycles. The normalized spacial score (nSPS) is 12.8. The molecular weight excluding hydrogens is 168 g/mol. The lowest BCUT2D eigenvalue weighted by molar-refractivity contribution is 0.1000. The summed E-state index contributed by atoms with van der Waals surface area (Å²) in [5.74, 6) is -0.400. The second kappa shape index (κ2) is 4.09. The molecule has 2 N–H and O–H groups in total. The number of carbonyl (C=O) groups is 1. The van der Waals surface area contributed by atoms with Gasteiger partial charge in [0.1, 0.15) is 0 Å². The van der Waals surface area contributed by atoms with Gasteiger partial charge in [-0.15, -0.1) is 0 Å². The fourth-order valence-corrected chi connectivity index (χ4v) is 1.16. The molecule has 1 atom stereocenters. The summed E-state index contributed by atoms with van der Waals surface area (Å²) in [5, 5.41) is 0. The summed E-state index contributed by atoms with van der Waals surface area (Å²) in [5.41, 5.74) is 5.65. The van der Waals surface area contributed by atoms with Crippen LogP contribution in [0.4, 0.5) is 0 Å². The number of nitrogens with two attached hydrogens (primary N) is 1. The summed E-state index contributed by atoms with van der Waals surface area (Å²) in [6.07, 6.45) is 3.55. The van der Waals surface area contributed by atoms with Crippen LogP contribution >= 0.6 is 0 Å². The Morgan fingerprint density at radius 3 is 2.92 bits per heavy atom. The van der Waals surface area contributed by atoms with Crippen LogP contribution in [0, 0.1) is 0 Å². The molecule has 72 valence electrons. The van der Waals surface area contributed by atoms with E-state index in [0.717, 1.165) is 0 Å². The highest BCUT2D eigenvalue weighted by atomic mass is 16.5. The minimum Gasteiger partial charge on any atom is -0.383 e. The van der Waals surface area contributed by atoms with Gasteiger partial charge in [-0.1, -0.05) is 0 Å². The molecule has 0 spiro atoms. The number of rotatable bonds is 4. The first-order valence-electron chi connectivity index (χ1n) is 4.11. The number of methoxy groups -OCH3 is 1. The molecule has 0 aliphatic carbocycles. The Morgan fingerprint density at radius 1 is 1.77 bits per heavy atom.